The van der Waals surface area contributed by atoms with Crippen LogP contribution in [0.1, 0.15) is 19.3 Å². The van der Waals surface area contributed by atoms with Crippen LogP contribution in [0.5, 0.6) is 0 Å². The molecule has 104 valence electrons. The van der Waals surface area contributed by atoms with E-state index in [2.05, 4.69) is 19.6 Å². The molecule has 0 saturated heterocycles. The van der Waals surface area contributed by atoms with Gasteiger partial charge in [-0.2, -0.15) is 0 Å². The van der Waals surface area contributed by atoms with Crippen LogP contribution in [0.4, 0.5) is 0 Å². The van der Waals surface area contributed by atoms with Crippen molar-refractivity contribution in [3.63, 3.8) is 0 Å². The van der Waals surface area contributed by atoms with Gasteiger partial charge in [0.2, 0.25) is 0 Å². The molecule has 2 N–H and O–H groups in total. The molecular weight excluding hydrogens is 268 g/mol. The molecule has 5 nitrogen and oxygen atoms in total. The van der Waals surface area contributed by atoms with E-state index in [1.807, 2.05) is 0 Å². The monoisotopic (exact) mass is 290 g/mol. The predicted octanol–water partition coefficient (Wildman–Crippen LogP) is 1.61. The van der Waals surface area contributed by atoms with Gasteiger partial charge in [-0.05, 0) is 32.1 Å². The Balaban J connectivity index is 3.91. The molecule has 0 aliphatic heterocycles. The SMILES string of the molecule is C[Si](C)(C)O[SiH2]CCCC=C(CC(=O)O)C(=O)O. The molecular formula is C11H22O5Si2. The van der Waals surface area contributed by atoms with Crippen LogP contribution in [0.2, 0.25) is 25.7 Å². The fourth-order valence-electron chi connectivity index (χ4n) is 1.30. The van der Waals surface area contributed by atoms with Crippen molar-refractivity contribution >= 4 is 30.0 Å². The highest BCUT2D eigenvalue weighted by Crippen LogP contribution is 2.08. The van der Waals surface area contributed by atoms with Crippen molar-refractivity contribution in [2.45, 2.75) is 44.9 Å². The summed E-state index contributed by atoms with van der Waals surface area (Å²) in [5, 5.41) is 17.3. The molecule has 0 atom stereocenters. The van der Waals surface area contributed by atoms with E-state index in [9.17, 15) is 9.59 Å². The van der Waals surface area contributed by atoms with Crippen molar-refractivity contribution in [3.05, 3.63) is 11.6 Å². The zero-order valence-corrected chi connectivity index (χ0v) is 13.6. The second-order valence-electron chi connectivity index (χ2n) is 5.06. The van der Waals surface area contributed by atoms with Gasteiger partial charge < -0.3 is 14.3 Å². The Morgan fingerprint density at radius 2 is 1.89 bits per heavy atom. The first-order valence-corrected chi connectivity index (χ1v) is 11.0. The molecule has 0 aromatic rings. The van der Waals surface area contributed by atoms with Gasteiger partial charge in [-0.15, -0.1) is 0 Å². The van der Waals surface area contributed by atoms with E-state index in [4.69, 9.17) is 14.3 Å². The van der Waals surface area contributed by atoms with Crippen molar-refractivity contribution in [1.29, 1.82) is 0 Å². The van der Waals surface area contributed by atoms with Crippen LogP contribution in [0.25, 0.3) is 0 Å². The van der Waals surface area contributed by atoms with E-state index in [-0.39, 0.29) is 5.57 Å². The lowest BCUT2D eigenvalue weighted by atomic mass is 10.1. The number of aliphatic carboxylic acids is 2. The number of allylic oxidation sites excluding steroid dienone is 1. The fraction of sp³-hybridized carbons (Fsp3) is 0.636. The van der Waals surface area contributed by atoms with Crippen LogP contribution in [0.3, 0.4) is 0 Å². The maximum atomic E-state index is 10.7. The Bertz CT molecular complexity index is 320. The Morgan fingerprint density at radius 3 is 2.33 bits per heavy atom. The molecule has 0 fully saturated rings. The minimum atomic E-state index is -1.40. The lowest BCUT2D eigenvalue weighted by Gasteiger charge is -2.16. The van der Waals surface area contributed by atoms with Crippen LogP contribution in [0.15, 0.2) is 11.6 Å². The first-order valence-electron chi connectivity index (χ1n) is 6.00. The maximum Gasteiger partial charge on any atom is 0.331 e. The number of carboxylic acid groups (broad SMARTS) is 2. The van der Waals surface area contributed by atoms with E-state index >= 15 is 0 Å². The molecule has 0 aliphatic rings. The minimum absolute atomic E-state index is 0.0321. The van der Waals surface area contributed by atoms with E-state index in [1.54, 1.807) is 0 Å². The second kappa shape index (κ2) is 8.22. The van der Waals surface area contributed by atoms with Crippen molar-refractivity contribution < 1.29 is 23.9 Å². The number of hydrogen-bond acceptors (Lipinski definition) is 3. The molecule has 0 amide bonds. The minimum Gasteiger partial charge on any atom is -0.481 e. The van der Waals surface area contributed by atoms with Crippen LogP contribution in [0, 0.1) is 0 Å². The third-order valence-electron chi connectivity index (χ3n) is 2.14. The van der Waals surface area contributed by atoms with E-state index in [0.717, 1.165) is 12.5 Å². The maximum absolute atomic E-state index is 10.7. The summed E-state index contributed by atoms with van der Waals surface area (Å²) in [6, 6.07) is 1.00. The zero-order chi connectivity index (χ0) is 14.2. The topological polar surface area (TPSA) is 83.8 Å². The summed E-state index contributed by atoms with van der Waals surface area (Å²) in [7, 11) is -1.91. The Labute approximate surface area is 111 Å². The number of carboxylic acids is 2. The summed E-state index contributed by atoms with van der Waals surface area (Å²) in [5.74, 6) is -2.26. The Kier molecular flexibility index (Phi) is 7.80. The molecule has 7 heteroatoms. The van der Waals surface area contributed by atoms with Crippen molar-refractivity contribution in [3.8, 4) is 0 Å². The molecule has 0 bridgehead atoms. The Hall–Kier alpha value is -0.926. The van der Waals surface area contributed by atoms with E-state index in [1.165, 1.54) is 6.08 Å². The summed E-state index contributed by atoms with van der Waals surface area (Å²) < 4.78 is 5.80. The van der Waals surface area contributed by atoms with Crippen LogP contribution in [-0.2, 0) is 13.7 Å². The lowest BCUT2D eigenvalue weighted by molar-refractivity contribution is -0.139. The van der Waals surface area contributed by atoms with Gasteiger partial charge in [0.05, 0.1) is 6.42 Å². The van der Waals surface area contributed by atoms with Gasteiger partial charge in [0.15, 0.2) is 8.32 Å². The van der Waals surface area contributed by atoms with Gasteiger partial charge in [-0.3, -0.25) is 4.79 Å². The normalized spacial score (nSPS) is 13.2. The second-order valence-corrected chi connectivity index (χ2v) is 11.6. The lowest BCUT2D eigenvalue weighted by Crippen LogP contribution is -2.27. The van der Waals surface area contributed by atoms with Crippen molar-refractivity contribution in [2.24, 2.45) is 0 Å². The number of rotatable bonds is 9. The molecule has 0 saturated carbocycles. The fourth-order valence-corrected chi connectivity index (χ4v) is 4.82. The number of unbranched alkanes of at least 4 members (excludes halogenated alkanes) is 1. The zero-order valence-electron chi connectivity index (χ0n) is 11.2. The summed E-state index contributed by atoms with van der Waals surface area (Å²) >= 11 is 0. The highest BCUT2D eigenvalue weighted by Gasteiger charge is 2.13. The van der Waals surface area contributed by atoms with E-state index < -0.39 is 36.4 Å². The molecule has 0 rings (SSSR count). The molecule has 18 heavy (non-hydrogen) atoms. The molecule has 0 aromatic carbocycles. The largest absolute Gasteiger partial charge is 0.481 e. The summed E-state index contributed by atoms with van der Waals surface area (Å²) in [6.45, 7) is 6.44. The van der Waals surface area contributed by atoms with Gasteiger partial charge in [0.1, 0.15) is 9.76 Å². The third-order valence-corrected chi connectivity index (χ3v) is 7.21. The van der Waals surface area contributed by atoms with Crippen molar-refractivity contribution in [1.82, 2.24) is 0 Å². The quantitative estimate of drug-likeness (QED) is 0.383. The summed E-state index contributed by atoms with van der Waals surface area (Å²) in [4.78, 5) is 21.2. The highest BCUT2D eigenvalue weighted by molar-refractivity contribution is 6.73. The van der Waals surface area contributed by atoms with Crippen LogP contribution < -0.4 is 0 Å². The summed E-state index contributed by atoms with van der Waals surface area (Å²) in [6.07, 6.45) is 2.57. The molecule has 0 aliphatic carbocycles. The van der Waals surface area contributed by atoms with Gasteiger partial charge in [0.25, 0.3) is 0 Å². The average molecular weight is 290 g/mol. The smallest absolute Gasteiger partial charge is 0.331 e. The van der Waals surface area contributed by atoms with Crippen LogP contribution in [-0.4, -0.2) is 40.2 Å². The molecule has 0 unspecified atom stereocenters. The molecule has 0 heterocycles. The predicted molar refractivity (Wildman–Crippen MR) is 75.0 cm³/mol. The molecule has 0 radical (unpaired) electrons. The Morgan fingerprint density at radius 1 is 1.28 bits per heavy atom. The van der Waals surface area contributed by atoms with Gasteiger partial charge in [0, 0.05) is 5.57 Å². The third kappa shape index (κ3) is 10.2. The van der Waals surface area contributed by atoms with Gasteiger partial charge >= 0.3 is 11.9 Å². The van der Waals surface area contributed by atoms with Gasteiger partial charge in [-0.1, -0.05) is 12.5 Å². The first kappa shape index (κ1) is 17.1. The standard InChI is InChI=1S/C11H22O5Si2/c1-18(2,3)16-17-7-5-4-6-9(11(14)15)8-10(12)13/h6H,4-5,7-8,17H2,1-3H3,(H,12,13)(H,14,15). The van der Waals surface area contributed by atoms with Crippen LogP contribution >= 0.6 is 0 Å². The number of hydrogen-bond donors (Lipinski definition) is 2. The average Bonchev–Trinajstić information content (AvgIpc) is 2.18. The summed E-state index contributed by atoms with van der Waals surface area (Å²) in [5.41, 5.74) is -0.0321. The molecule has 0 aromatic heterocycles. The highest BCUT2D eigenvalue weighted by atomic mass is 28.4. The van der Waals surface area contributed by atoms with Gasteiger partial charge in [-0.25, -0.2) is 4.79 Å². The molecule has 0 spiro atoms. The van der Waals surface area contributed by atoms with E-state index in [0.29, 0.717) is 6.42 Å². The number of carbonyl (C=O) groups is 2. The van der Waals surface area contributed by atoms with Crippen molar-refractivity contribution in [2.75, 3.05) is 0 Å². The first-order chi connectivity index (χ1) is 8.22.